The molecule has 1 amide bonds. The minimum atomic E-state index is -3.55. The molecule has 1 atom stereocenters. The molecule has 2 aromatic carbocycles. The highest BCUT2D eigenvalue weighted by molar-refractivity contribution is 7.99. The van der Waals surface area contributed by atoms with Crippen molar-refractivity contribution < 1.29 is 18.4 Å². The molecule has 0 N–H and O–H groups in total. The van der Waals surface area contributed by atoms with Crippen molar-refractivity contribution in [3.63, 3.8) is 0 Å². The Balaban J connectivity index is 2.05. The van der Waals surface area contributed by atoms with Gasteiger partial charge >= 0.3 is 7.60 Å². The van der Waals surface area contributed by atoms with E-state index in [-0.39, 0.29) is 19.1 Å². The first-order valence-corrected chi connectivity index (χ1v) is 11.0. The number of para-hydroxylation sites is 2. The summed E-state index contributed by atoms with van der Waals surface area (Å²) in [5, 5.41) is 0. The van der Waals surface area contributed by atoms with Crippen LogP contribution in [0, 0.1) is 0 Å². The van der Waals surface area contributed by atoms with Gasteiger partial charge in [0.15, 0.2) is 0 Å². The molecule has 26 heavy (non-hydrogen) atoms. The summed E-state index contributed by atoms with van der Waals surface area (Å²) in [7, 11) is -3.55. The fourth-order valence-corrected chi connectivity index (χ4v) is 5.57. The highest BCUT2D eigenvalue weighted by Crippen LogP contribution is 2.55. The lowest BCUT2D eigenvalue weighted by atomic mass is 10.2. The van der Waals surface area contributed by atoms with Crippen LogP contribution >= 0.6 is 19.4 Å². The predicted octanol–water partition coefficient (Wildman–Crippen LogP) is 5.47. The normalized spacial score (nSPS) is 14.5. The van der Waals surface area contributed by atoms with E-state index < -0.39 is 13.3 Å². The molecule has 0 saturated heterocycles. The van der Waals surface area contributed by atoms with E-state index in [1.165, 1.54) is 0 Å². The van der Waals surface area contributed by atoms with E-state index in [4.69, 9.17) is 9.05 Å². The van der Waals surface area contributed by atoms with Gasteiger partial charge in [-0.15, -0.1) is 0 Å². The van der Waals surface area contributed by atoms with Crippen LogP contribution in [-0.4, -0.2) is 24.8 Å². The highest BCUT2D eigenvalue weighted by atomic mass is 32.2. The van der Waals surface area contributed by atoms with Crippen LogP contribution in [0.15, 0.2) is 58.3 Å². The third kappa shape index (κ3) is 3.47. The van der Waals surface area contributed by atoms with Gasteiger partial charge in [-0.2, -0.15) is 0 Å². The number of hydrogen-bond acceptors (Lipinski definition) is 5. The van der Waals surface area contributed by atoms with Gasteiger partial charge in [-0.05, 0) is 45.0 Å². The van der Waals surface area contributed by atoms with Crippen molar-refractivity contribution in [1.82, 2.24) is 0 Å². The van der Waals surface area contributed by atoms with Crippen LogP contribution in [-0.2, 0) is 18.4 Å². The first kappa shape index (κ1) is 19.2. The molecule has 0 saturated carbocycles. The summed E-state index contributed by atoms with van der Waals surface area (Å²) in [6.45, 7) is 5.53. The average molecular weight is 391 g/mol. The monoisotopic (exact) mass is 391 g/mol. The zero-order valence-corrected chi connectivity index (χ0v) is 16.8. The number of hydrogen-bond donors (Lipinski definition) is 0. The van der Waals surface area contributed by atoms with Crippen LogP contribution in [0.5, 0.6) is 0 Å². The number of carbonyl (C=O) groups is 1. The maximum Gasteiger partial charge on any atom is 0.342 e. The van der Waals surface area contributed by atoms with Gasteiger partial charge in [-0.3, -0.25) is 14.3 Å². The largest absolute Gasteiger partial charge is 0.342 e. The minimum Gasteiger partial charge on any atom is -0.308 e. The second-order valence-corrected chi connectivity index (χ2v) is 9.22. The molecule has 1 heterocycles. The van der Waals surface area contributed by atoms with Gasteiger partial charge < -0.3 is 9.05 Å². The molecule has 138 valence electrons. The maximum atomic E-state index is 13.4. The molecular formula is C19H22NO4PS. The van der Waals surface area contributed by atoms with E-state index in [2.05, 4.69) is 0 Å². The van der Waals surface area contributed by atoms with E-state index in [9.17, 15) is 9.36 Å². The van der Waals surface area contributed by atoms with Gasteiger partial charge in [0.05, 0.1) is 24.6 Å². The molecule has 1 aliphatic rings. The summed E-state index contributed by atoms with van der Waals surface area (Å²) in [4.78, 5) is 17.0. The summed E-state index contributed by atoms with van der Waals surface area (Å²) < 4.78 is 23.9. The fourth-order valence-electron chi connectivity index (χ4n) is 2.88. The second kappa shape index (κ2) is 7.97. The molecule has 0 aliphatic carbocycles. The van der Waals surface area contributed by atoms with Crippen LogP contribution in [0.1, 0.15) is 20.8 Å². The molecular weight excluding hydrogens is 369 g/mol. The number of carbonyl (C=O) groups excluding carboxylic acids is 1. The van der Waals surface area contributed by atoms with Gasteiger partial charge in [0.25, 0.3) is 0 Å². The minimum absolute atomic E-state index is 0.220. The number of benzene rings is 2. The number of nitrogens with zero attached hydrogens (tertiary/aromatic N) is 1. The summed E-state index contributed by atoms with van der Waals surface area (Å²) in [6, 6.07) is 15.4. The zero-order chi connectivity index (χ0) is 18.7. The van der Waals surface area contributed by atoms with Crippen molar-refractivity contribution in [2.45, 2.75) is 36.2 Å². The van der Waals surface area contributed by atoms with E-state index in [1.54, 1.807) is 37.4 Å². The van der Waals surface area contributed by atoms with E-state index in [0.717, 1.165) is 21.2 Å². The van der Waals surface area contributed by atoms with E-state index in [0.29, 0.717) is 0 Å². The summed E-state index contributed by atoms with van der Waals surface area (Å²) in [5.74, 6) is -0.296. The zero-order valence-electron chi connectivity index (χ0n) is 15.0. The second-order valence-electron chi connectivity index (χ2n) is 5.76. The average Bonchev–Trinajstić information content (AvgIpc) is 2.65. The van der Waals surface area contributed by atoms with Crippen molar-refractivity contribution in [3.8, 4) is 0 Å². The standard InChI is InChI=1S/C19H22NO4PS/c1-4-23-25(22,24-5-2)14(3)19(21)20-15-10-6-8-12-17(15)26-18-13-9-7-11-16(18)20/h6-14H,4-5H2,1-3H3. The molecule has 5 nitrogen and oxygen atoms in total. The summed E-state index contributed by atoms with van der Waals surface area (Å²) >= 11 is 1.62. The van der Waals surface area contributed by atoms with Gasteiger partial charge in [0, 0.05) is 9.79 Å². The first-order chi connectivity index (χ1) is 12.5. The van der Waals surface area contributed by atoms with Crippen LogP contribution < -0.4 is 4.90 Å². The Morgan fingerprint density at radius 2 is 1.46 bits per heavy atom. The first-order valence-electron chi connectivity index (χ1n) is 8.60. The van der Waals surface area contributed by atoms with Gasteiger partial charge in [-0.1, -0.05) is 36.0 Å². The van der Waals surface area contributed by atoms with E-state index in [1.807, 2.05) is 48.5 Å². The molecule has 7 heteroatoms. The Labute approximate surface area is 158 Å². The highest BCUT2D eigenvalue weighted by Gasteiger charge is 2.42. The van der Waals surface area contributed by atoms with Gasteiger partial charge in [0.2, 0.25) is 5.91 Å². The molecule has 0 bridgehead atoms. The third-order valence-corrected chi connectivity index (χ3v) is 7.64. The lowest BCUT2D eigenvalue weighted by Crippen LogP contribution is -2.36. The van der Waals surface area contributed by atoms with E-state index >= 15 is 0 Å². The number of rotatable bonds is 6. The topological polar surface area (TPSA) is 55.8 Å². The quantitative estimate of drug-likeness (QED) is 0.611. The van der Waals surface area contributed by atoms with Crippen LogP contribution in [0.3, 0.4) is 0 Å². The Kier molecular flexibility index (Phi) is 5.88. The molecule has 0 fully saturated rings. The summed E-state index contributed by atoms with van der Waals surface area (Å²) in [5.41, 5.74) is 0.659. The van der Waals surface area contributed by atoms with Crippen LogP contribution in [0.25, 0.3) is 0 Å². The summed E-state index contributed by atoms with van der Waals surface area (Å²) in [6.07, 6.45) is 0. The Morgan fingerprint density at radius 1 is 1.00 bits per heavy atom. The van der Waals surface area contributed by atoms with Crippen molar-refractivity contribution >= 4 is 36.6 Å². The molecule has 2 aromatic rings. The molecule has 0 spiro atoms. The third-order valence-electron chi connectivity index (χ3n) is 4.10. The Bertz CT molecular complexity index is 801. The van der Waals surface area contributed by atoms with Crippen molar-refractivity contribution in [1.29, 1.82) is 0 Å². The van der Waals surface area contributed by atoms with Gasteiger partial charge in [0.1, 0.15) is 5.66 Å². The number of anilines is 2. The number of amides is 1. The van der Waals surface area contributed by atoms with Crippen molar-refractivity contribution in [2.75, 3.05) is 18.1 Å². The Hall–Kier alpha value is -1.59. The lowest BCUT2D eigenvalue weighted by molar-refractivity contribution is -0.117. The molecule has 1 aliphatic heterocycles. The molecule has 0 radical (unpaired) electrons. The Morgan fingerprint density at radius 3 is 1.92 bits per heavy atom. The lowest BCUT2D eigenvalue weighted by Gasteiger charge is -2.34. The van der Waals surface area contributed by atoms with Crippen molar-refractivity contribution in [2.24, 2.45) is 0 Å². The smallest absolute Gasteiger partial charge is 0.308 e. The molecule has 0 aromatic heterocycles. The molecule has 1 unspecified atom stereocenters. The molecule has 3 rings (SSSR count). The predicted molar refractivity (Wildman–Crippen MR) is 104 cm³/mol. The van der Waals surface area contributed by atoms with Crippen LogP contribution in [0.4, 0.5) is 11.4 Å². The number of fused-ring (bicyclic) bond motifs is 2. The van der Waals surface area contributed by atoms with Crippen molar-refractivity contribution in [3.05, 3.63) is 48.5 Å². The SMILES string of the molecule is CCOP(=O)(OCC)C(C)C(=O)N1c2ccccc2Sc2ccccc21. The fraction of sp³-hybridized carbons (Fsp3) is 0.316. The van der Waals surface area contributed by atoms with Gasteiger partial charge in [-0.25, -0.2) is 0 Å². The van der Waals surface area contributed by atoms with Crippen LogP contribution in [0.2, 0.25) is 0 Å². The maximum absolute atomic E-state index is 13.4.